The summed E-state index contributed by atoms with van der Waals surface area (Å²) in [6.45, 7) is 0.931. The van der Waals surface area contributed by atoms with Crippen molar-refractivity contribution in [2.75, 3.05) is 18.5 Å². The van der Waals surface area contributed by atoms with E-state index < -0.39 is 0 Å². The fourth-order valence-electron chi connectivity index (χ4n) is 1.55. The normalized spacial score (nSPS) is 10.2. The Morgan fingerprint density at radius 1 is 1.24 bits per heavy atom. The van der Waals surface area contributed by atoms with Crippen LogP contribution in [-0.2, 0) is 6.42 Å². The van der Waals surface area contributed by atoms with Crippen LogP contribution in [0.2, 0.25) is 0 Å². The van der Waals surface area contributed by atoms with Crippen LogP contribution in [-0.4, -0.2) is 23.6 Å². The Hall–Kier alpha value is -1.42. The first-order chi connectivity index (χ1) is 8.25. The second kappa shape index (κ2) is 5.77. The van der Waals surface area contributed by atoms with E-state index in [2.05, 4.69) is 36.9 Å². The third kappa shape index (κ3) is 3.53. The lowest BCUT2D eigenvalue weighted by Crippen LogP contribution is -2.21. The smallest absolute Gasteiger partial charge is 0.128 e. The van der Waals surface area contributed by atoms with Crippen molar-refractivity contribution in [1.29, 1.82) is 0 Å². The Bertz CT molecular complexity index is 456. The largest absolute Gasteiger partial charge is 0.359 e. The summed E-state index contributed by atoms with van der Waals surface area (Å²) >= 11 is 3.38. The Labute approximate surface area is 110 Å². The summed E-state index contributed by atoms with van der Waals surface area (Å²) in [5, 5.41) is 0. The molecule has 2 aromatic heterocycles. The van der Waals surface area contributed by atoms with Crippen LogP contribution >= 0.6 is 15.9 Å². The summed E-state index contributed by atoms with van der Waals surface area (Å²) in [7, 11) is 2.05. The predicted octanol–water partition coefficient (Wildman–Crippen LogP) is 2.92. The Balaban J connectivity index is 1.93. The number of aromatic nitrogens is 2. The molecule has 0 aliphatic rings. The molecule has 3 nitrogen and oxygen atoms in total. The topological polar surface area (TPSA) is 29.0 Å². The average molecular weight is 292 g/mol. The van der Waals surface area contributed by atoms with Gasteiger partial charge >= 0.3 is 0 Å². The molecule has 2 aromatic rings. The zero-order valence-corrected chi connectivity index (χ0v) is 11.3. The molecule has 2 rings (SSSR count). The number of anilines is 1. The highest BCUT2D eigenvalue weighted by Crippen LogP contribution is 2.13. The zero-order chi connectivity index (χ0) is 12.1. The lowest BCUT2D eigenvalue weighted by molar-refractivity contribution is 0.856. The summed E-state index contributed by atoms with van der Waals surface area (Å²) < 4.78 is 1.00. The maximum atomic E-state index is 4.35. The molecule has 0 radical (unpaired) electrons. The molecule has 0 saturated heterocycles. The minimum atomic E-state index is 0.931. The average Bonchev–Trinajstić information content (AvgIpc) is 2.38. The lowest BCUT2D eigenvalue weighted by atomic mass is 10.2. The lowest BCUT2D eigenvalue weighted by Gasteiger charge is -2.17. The van der Waals surface area contributed by atoms with Crippen molar-refractivity contribution in [1.82, 2.24) is 9.97 Å². The third-order valence-corrected chi connectivity index (χ3v) is 3.03. The van der Waals surface area contributed by atoms with Gasteiger partial charge in [-0.05, 0) is 46.1 Å². The highest BCUT2D eigenvalue weighted by Gasteiger charge is 2.02. The van der Waals surface area contributed by atoms with Crippen molar-refractivity contribution in [3.05, 3.63) is 52.9 Å². The van der Waals surface area contributed by atoms with Crippen LogP contribution in [0, 0.1) is 0 Å². The molecule has 0 bridgehead atoms. The van der Waals surface area contributed by atoms with Gasteiger partial charge in [0, 0.05) is 36.7 Å². The molecule has 0 spiro atoms. The van der Waals surface area contributed by atoms with E-state index in [-0.39, 0.29) is 0 Å². The molecule has 0 unspecified atom stereocenters. The number of nitrogens with zero attached hydrogens (tertiary/aromatic N) is 3. The van der Waals surface area contributed by atoms with Crippen LogP contribution < -0.4 is 4.90 Å². The van der Waals surface area contributed by atoms with E-state index >= 15 is 0 Å². The van der Waals surface area contributed by atoms with Crippen LogP contribution in [0.15, 0.2) is 47.3 Å². The summed E-state index contributed by atoms with van der Waals surface area (Å²) in [5.41, 5.74) is 1.25. The molecule has 0 saturated carbocycles. The SMILES string of the molecule is CN(CCc1cccnc1)c1ccc(Br)cn1. The van der Waals surface area contributed by atoms with Crippen molar-refractivity contribution >= 4 is 21.7 Å². The summed E-state index contributed by atoms with van der Waals surface area (Å²) in [5.74, 6) is 0.983. The fourth-order valence-corrected chi connectivity index (χ4v) is 1.79. The van der Waals surface area contributed by atoms with E-state index in [1.165, 1.54) is 5.56 Å². The molecule has 0 atom stereocenters. The number of likely N-dealkylation sites (N-methyl/N-ethyl adjacent to an activating group) is 1. The standard InChI is InChI=1S/C13H14BrN3/c1-17(13-5-4-12(14)10-16-13)8-6-11-3-2-7-15-9-11/h2-5,7,9-10H,6,8H2,1H3. The van der Waals surface area contributed by atoms with Gasteiger partial charge in [0.2, 0.25) is 0 Å². The molecule has 0 aliphatic heterocycles. The second-order valence-electron chi connectivity index (χ2n) is 3.87. The Morgan fingerprint density at radius 2 is 2.12 bits per heavy atom. The highest BCUT2D eigenvalue weighted by atomic mass is 79.9. The molecule has 17 heavy (non-hydrogen) atoms. The maximum absolute atomic E-state index is 4.35. The Kier molecular flexibility index (Phi) is 4.09. The summed E-state index contributed by atoms with van der Waals surface area (Å²) in [6, 6.07) is 8.07. The van der Waals surface area contributed by atoms with E-state index in [0.717, 1.165) is 23.3 Å². The minimum absolute atomic E-state index is 0.931. The van der Waals surface area contributed by atoms with Gasteiger partial charge in [0.05, 0.1) is 0 Å². The minimum Gasteiger partial charge on any atom is -0.359 e. The molecular formula is C13H14BrN3. The summed E-state index contributed by atoms with van der Waals surface area (Å²) in [6.07, 6.45) is 6.49. The van der Waals surface area contributed by atoms with E-state index in [4.69, 9.17) is 0 Å². The van der Waals surface area contributed by atoms with Crippen LogP contribution in [0.1, 0.15) is 5.56 Å². The highest BCUT2D eigenvalue weighted by molar-refractivity contribution is 9.10. The van der Waals surface area contributed by atoms with Gasteiger partial charge < -0.3 is 4.90 Å². The van der Waals surface area contributed by atoms with E-state index in [9.17, 15) is 0 Å². The molecular weight excluding hydrogens is 278 g/mol. The first-order valence-electron chi connectivity index (χ1n) is 5.47. The van der Waals surface area contributed by atoms with E-state index in [0.29, 0.717) is 0 Å². The van der Waals surface area contributed by atoms with Crippen molar-refractivity contribution in [3.63, 3.8) is 0 Å². The first-order valence-corrected chi connectivity index (χ1v) is 6.26. The van der Waals surface area contributed by atoms with Gasteiger partial charge in [0.25, 0.3) is 0 Å². The van der Waals surface area contributed by atoms with Crippen LogP contribution in [0.5, 0.6) is 0 Å². The molecule has 0 fully saturated rings. The van der Waals surface area contributed by atoms with Crippen LogP contribution in [0.25, 0.3) is 0 Å². The van der Waals surface area contributed by atoms with Gasteiger partial charge in [-0.2, -0.15) is 0 Å². The summed E-state index contributed by atoms with van der Waals surface area (Å²) in [4.78, 5) is 10.6. The monoisotopic (exact) mass is 291 g/mol. The molecule has 88 valence electrons. The second-order valence-corrected chi connectivity index (χ2v) is 4.78. The quantitative estimate of drug-likeness (QED) is 0.867. The van der Waals surface area contributed by atoms with E-state index in [1.807, 2.05) is 37.6 Å². The van der Waals surface area contributed by atoms with Gasteiger partial charge in [0.15, 0.2) is 0 Å². The van der Waals surface area contributed by atoms with Crippen LogP contribution in [0.3, 0.4) is 0 Å². The van der Waals surface area contributed by atoms with Gasteiger partial charge in [0.1, 0.15) is 5.82 Å². The van der Waals surface area contributed by atoms with Gasteiger partial charge in [-0.25, -0.2) is 4.98 Å². The number of hydrogen-bond donors (Lipinski definition) is 0. The van der Waals surface area contributed by atoms with Crippen molar-refractivity contribution < 1.29 is 0 Å². The first kappa shape index (κ1) is 12.0. The predicted molar refractivity (Wildman–Crippen MR) is 73.1 cm³/mol. The van der Waals surface area contributed by atoms with Gasteiger partial charge in [-0.1, -0.05) is 6.07 Å². The third-order valence-electron chi connectivity index (χ3n) is 2.56. The van der Waals surface area contributed by atoms with E-state index in [1.54, 1.807) is 6.20 Å². The molecule has 4 heteroatoms. The number of hydrogen-bond acceptors (Lipinski definition) is 3. The number of halogens is 1. The van der Waals surface area contributed by atoms with Crippen LogP contribution in [0.4, 0.5) is 5.82 Å². The van der Waals surface area contributed by atoms with Gasteiger partial charge in [-0.3, -0.25) is 4.98 Å². The van der Waals surface area contributed by atoms with Crippen molar-refractivity contribution in [2.45, 2.75) is 6.42 Å². The maximum Gasteiger partial charge on any atom is 0.128 e. The molecule has 0 aliphatic carbocycles. The number of pyridine rings is 2. The fraction of sp³-hybridized carbons (Fsp3) is 0.231. The molecule has 0 aromatic carbocycles. The Morgan fingerprint density at radius 3 is 2.76 bits per heavy atom. The number of rotatable bonds is 4. The van der Waals surface area contributed by atoms with Gasteiger partial charge in [-0.15, -0.1) is 0 Å². The molecule has 2 heterocycles. The zero-order valence-electron chi connectivity index (χ0n) is 9.68. The van der Waals surface area contributed by atoms with Crippen molar-refractivity contribution in [3.8, 4) is 0 Å². The van der Waals surface area contributed by atoms with Crippen molar-refractivity contribution in [2.24, 2.45) is 0 Å². The molecule has 0 amide bonds. The molecule has 0 N–H and O–H groups in total.